The molecule has 0 saturated carbocycles. The van der Waals surface area contributed by atoms with E-state index >= 15 is 0 Å². The highest BCUT2D eigenvalue weighted by Crippen LogP contribution is 2.37. The fourth-order valence-electron chi connectivity index (χ4n) is 4.95. The lowest BCUT2D eigenvalue weighted by atomic mass is 9.88. The molecule has 0 unspecified atom stereocenters. The van der Waals surface area contributed by atoms with Crippen LogP contribution in [0.15, 0.2) is 66.9 Å². The predicted octanol–water partition coefficient (Wildman–Crippen LogP) is 7.48. The number of hydrogen-bond donors (Lipinski definition) is 0. The lowest BCUT2D eigenvalue weighted by molar-refractivity contribution is 1.06. The molecule has 1 heterocycles. The Bertz CT molecular complexity index is 1120. The summed E-state index contributed by atoms with van der Waals surface area (Å²) in [6.07, 6.45) is 4.76. The zero-order chi connectivity index (χ0) is 21.4. The van der Waals surface area contributed by atoms with Crippen molar-refractivity contribution in [3.8, 4) is 0 Å². The lowest BCUT2D eigenvalue weighted by Crippen LogP contribution is -2.24. The van der Waals surface area contributed by atoms with Crippen LogP contribution >= 0.6 is 0 Å². The predicted molar refractivity (Wildman–Crippen MR) is 131 cm³/mol. The number of anilines is 1. The second kappa shape index (κ2) is 7.99. The second-order valence-corrected chi connectivity index (χ2v) is 8.66. The number of rotatable bonds is 3. The van der Waals surface area contributed by atoms with Gasteiger partial charge in [0.25, 0.3) is 0 Å². The van der Waals surface area contributed by atoms with Gasteiger partial charge in [0.2, 0.25) is 0 Å². The van der Waals surface area contributed by atoms with Crippen LogP contribution in [0.1, 0.15) is 44.5 Å². The van der Waals surface area contributed by atoms with E-state index in [0.29, 0.717) is 0 Å². The summed E-state index contributed by atoms with van der Waals surface area (Å²) >= 11 is 0. The van der Waals surface area contributed by atoms with Crippen LogP contribution in [0.3, 0.4) is 0 Å². The molecule has 0 saturated heterocycles. The van der Waals surface area contributed by atoms with Gasteiger partial charge in [0.05, 0.1) is 0 Å². The average molecular weight is 394 g/mol. The number of para-hydroxylation sites is 1. The van der Waals surface area contributed by atoms with E-state index in [2.05, 4.69) is 113 Å². The van der Waals surface area contributed by atoms with Gasteiger partial charge < -0.3 is 4.90 Å². The maximum atomic E-state index is 2.45. The highest BCUT2D eigenvalue weighted by atomic mass is 15.1. The summed E-state index contributed by atoms with van der Waals surface area (Å²) in [6, 6.07) is 19.8. The number of aryl methyl sites for hydroxylation is 6. The molecule has 0 N–H and O–H groups in total. The van der Waals surface area contributed by atoms with Crippen molar-refractivity contribution in [1.29, 1.82) is 0 Å². The minimum Gasteiger partial charge on any atom is -0.342 e. The summed E-state index contributed by atoms with van der Waals surface area (Å²) in [5, 5.41) is 0. The summed E-state index contributed by atoms with van der Waals surface area (Å²) in [6.45, 7) is 14.2. The molecule has 0 aromatic heterocycles. The molecule has 1 aliphatic rings. The smallest absolute Gasteiger partial charge is 0.0482 e. The van der Waals surface area contributed by atoms with Crippen LogP contribution in [-0.4, -0.2) is 6.54 Å². The molecular formula is C29H31N. The molecule has 1 nitrogen and oxygen atoms in total. The number of nitrogens with zero attached hydrogens (tertiary/aromatic N) is 1. The molecule has 152 valence electrons. The first-order valence-corrected chi connectivity index (χ1v) is 10.7. The zero-order valence-corrected chi connectivity index (χ0v) is 19.0. The summed E-state index contributed by atoms with van der Waals surface area (Å²) in [7, 11) is 0. The normalized spacial score (nSPS) is 13.9. The van der Waals surface area contributed by atoms with Crippen molar-refractivity contribution in [2.24, 2.45) is 0 Å². The highest BCUT2D eigenvalue weighted by Gasteiger charge is 2.21. The minimum atomic E-state index is 0.881. The molecule has 0 aliphatic carbocycles. The highest BCUT2D eigenvalue weighted by molar-refractivity contribution is 5.92. The van der Waals surface area contributed by atoms with Gasteiger partial charge in [0.1, 0.15) is 0 Å². The number of hydrogen-bond acceptors (Lipinski definition) is 1. The molecule has 1 aliphatic heterocycles. The molecule has 0 spiro atoms. The topological polar surface area (TPSA) is 3.24 Å². The summed E-state index contributed by atoms with van der Waals surface area (Å²) < 4.78 is 0. The van der Waals surface area contributed by atoms with Gasteiger partial charge in [-0.3, -0.25) is 0 Å². The van der Waals surface area contributed by atoms with E-state index in [1.54, 1.807) is 0 Å². The van der Waals surface area contributed by atoms with Gasteiger partial charge in [-0.25, -0.2) is 0 Å². The van der Waals surface area contributed by atoms with Crippen molar-refractivity contribution >= 4 is 16.8 Å². The Morgan fingerprint density at radius 2 is 1.00 bits per heavy atom. The van der Waals surface area contributed by atoms with E-state index in [1.165, 1.54) is 61.3 Å². The molecule has 0 amide bonds. The molecule has 30 heavy (non-hydrogen) atoms. The van der Waals surface area contributed by atoms with Crippen molar-refractivity contribution in [1.82, 2.24) is 0 Å². The maximum Gasteiger partial charge on any atom is 0.0482 e. The van der Waals surface area contributed by atoms with Crippen molar-refractivity contribution < 1.29 is 0 Å². The van der Waals surface area contributed by atoms with Gasteiger partial charge >= 0.3 is 0 Å². The maximum absolute atomic E-state index is 2.45. The molecule has 3 aromatic rings. The van der Waals surface area contributed by atoms with Gasteiger partial charge in [-0.1, -0.05) is 54.6 Å². The Morgan fingerprint density at radius 1 is 0.567 bits per heavy atom. The van der Waals surface area contributed by atoms with E-state index in [4.69, 9.17) is 0 Å². The first-order chi connectivity index (χ1) is 14.4. The second-order valence-electron chi connectivity index (χ2n) is 8.66. The van der Waals surface area contributed by atoms with Crippen LogP contribution in [0.5, 0.6) is 0 Å². The SMILES string of the molecule is Cc1cccc(C)c1C1=CN(c2c(C)cccc2C)CC(c2c(C)cccc2C)=C1. The van der Waals surface area contributed by atoms with Gasteiger partial charge in [-0.05, 0) is 103 Å². The fourth-order valence-corrected chi connectivity index (χ4v) is 4.95. The Kier molecular flexibility index (Phi) is 5.39. The van der Waals surface area contributed by atoms with E-state index in [9.17, 15) is 0 Å². The van der Waals surface area contributed by atoms with Crippen LogP contribution in [0.4, 0.5) is 5.69 Å². The number of benzene rings is 3. The van der Waals surface area contributed by atoms with E-state index in [1.807, 2.05) is 0 Å². The Labute approximate surface area is 181 Å². The molecule has 0 atom stereocenters. The molecule has 4 rings (SSSR count). The zero-order valence-electron chi connectivity index (χ0n) is 19.0. The molecule has 1 heteroatoms. The van der Waals surface area contributed by atoms with Gasteiger partial charge in [-0.15, -0.1) is 0 Å². The fraction of sp³-hybridized carbons (Fsp3) is 0.241. The van der Waals surface area contributed by atoms with Crippen molar-refractivity contribution in [2.75, 3.05) is 11.4 Å². The standard InChI is InChI=1S/C29H31N/c1-19-10-7-11-20(2)27(19)25-16-26(28-21(3)12-8-13-22(28)4)18-30(17-25)29-23(5)14-9-15-24(29)6/h7-17H,18H2,1-6H3. The third kappa shape index (κ3) is 3.61. The van der Waals surface area contributed by atoms with Gasteiger partial charge in [-0.2, -0.15) is 0 Å². The Hall–Kier alpha value is -3.06. The summed E-state index contributed by atoms with van der Waals surface area (Å²) in [4.78, 5) is 2.45. The third-order valence-electron chi connectivity index (χ3n) is 6.26. The first kappa shape index (κ1) is 20.2. The molecule has 0 radical (unpaired) electrons. The van der Waals surface area contributed by atoms with Crippen molar-refractivity contribution in [3.05, 3.63) is 111 Å². The number of allylic oxidation sites excluding steroid dienone is 2. The Balaban J connectivity index is 1.95. The van der Waals surface area contributed by atoms with Gasteiger partial charge in [0.15, 0.2) is 0 Å². The van der Waals surface area contributed by atoms with Crippen molar-refractivity contribution in [2.45, 2.75) is 41.5 Å². The van der Waals surface area contributed by atoms with Gasteiger partial charge in [0, 0.05) is 18.4 Å². The quantitative estimate of drug-likeness (QED) is 0.446. The molecular weight excluding hydrogens is 362 g/mol. The van der Waals surface area contributed by atoms with Crippen LogP contribution in [0.2, 0.25) is 0 Å². The lowest BCUT2D eigenvalue weighted by Gasteiger charge is -2.32. The first-order valence-electron chi connectivity index (χ1n) is 10.7. The van der Waals surface area contributed by atoms with Crippen LogP contribution in [0.25, 0.3) is 11.1 Å². The largest absolute Gasteiger partial charge is 0.342 e. The summed E-state index contributed by atoms with van der Waals surface area (Å²) in [5.41, 5.74) is 14.7. The molecule has 0 bridgehead atoms. The van der Waals surface area contributed by atoms with Crippen LogP contribution in [-0.2, 0) is 0 Å². The van der Waals surface area contributed by atoms with E-state index in [0.717, 1.165) is 6.54 Å². The molecule has 0 fully saturated rings. The van der Waals surface area contributed by atoms with Crippen LogP contribution < -0.4 is 4.90 Å². The van der Waals surface area contributed by atoms with Crippen LogP contribution in [0, 0.1) is 41.5 Å². The monoisotopic (exact) mass is 393 g/mol. The molecule has 3 aromatic carbocycles. The Morgan fingerprint density at radius 3 is 1.50 bits per heavy atom. The van der Waals surface area contributed by atoms with E-state index < -0.39 is 0 Å². The average Bonchev–Trinajstić information content (AvgIpc) is 2.67. The van der Waals surface area contributed by atoms with E-state index in [-0.39, 0.29) is 0 Å². The minimum absolute atomic E-state index is 0.881. The third-order valence-corrected chi connectivity index (χ3v) is 6.26. The van der Waals surface area contributed by atoms with Crippen molar-refractivity contribution in [3.63, 3.8) is 0 Å². The summed E-state index contributed by atoms with van der Waals surface area (Å²) in [5.74, 6) is 0.